The average Bonchev–Trinajstić information content (AvgIpc) is 1.98. The summed E-state index contributed by atoms with van der Waals surface area (Å²) < 4.78 is 5.44. The van der Waals surface area contributed by atoms with E-state index in [2.05, 4.69) is 0 Å². The second kappa shape index (κ2) is 3.60. The first-order valence-electron chi connectivity index (χ1n) is 4.29. The van der Waals surface area contributed by atoms with Gasteiger partial charge in [-0.15, -0.1) is 0 Å². The minimum atomic E-state index is 0.348. The van der Waals surface area contributed by atoms with Crippen LogP contribution in [0.1, 0.15) is 25.0 Å². The molecule has 0 unspecified atom stereocenters. The van der Waals surface area contributed by atoms with Gasteiger partial charge in [-0.05, 0) is 13.8 Å². The zero-order valence-electron chi connectivity index (χ0n) is 8.51. The molecule has 1 rings (SSSR count). The van der Waals surface area contributed by atoms with Gasteiger partial charge in [-0.1, -0.05) is 0 Å². The maximum Gasteiger partial charge on any atom is 0.353 e. The molecule has 0 saturated heterocycles. The summed E-state index contributed by atoms with van der Waals surface area (Å²) in [5.74, 6) is 2.03. The van der Waals surface area contributed by atoms with Crippen molar-refractivity contribution >= 4 is 5.78 Å². The predicted molar refractivity (Wildman–Crippen MR) is 53.4 cm³/mol. The van der Waals surface area contributed by atoms with Gasteiger partial charge in [0.1, 0.15) is 5.75 Å². The Bertz CT molecular complexity index is 324. The lowest BCUT2D eigenvalue weighted by molar-refractivity contribution is -0.367. The maximum atomic E-state index is 9.50. The second-order valence-corrected chi connectivity index (χ2v) is 3.42. The monoisotopic (exact) mass is 179 g/mol. The number of hydrogen-bond donors (Lipinski definition) is 1. The van der Waals surface area contributed by atoms with Crippen molar-refractivity contribution < 1.29 is 9.53 Å². The van der Waals surface area contributed by atoms with E-state index >= 15 is 0 Å². The number of phenols is 1. The molecule has 2 heteroatoms. The van der Waals surface area contributed by atoms with E-state index < -0.39 is 0 Å². The van der Waals surface area contributed by atoms with Crippen molar-refractivity contribution in [2.45, 2.75) is 27.7 Å². The molecule has 0 aliphatic carbocycles. The zero-order valence-corrected chi connectivity index (χ0v) is 8.51. The van der Waals surface area contributed by atoms with Crippen LogP contribution in [0.25, 0.3) is 0 Å². The van der Waals surface area contributed by atoms with Crippen molar-refractivity contribution in [1.29, 1.82) is 0 Å². The normalized spacial score (nSPS) is 9.85. The Morgan fingerprint density at radius 1 is 1.15 bits per heavy atom. The molecule has 0 aliphatic rings. The summed E-state index contributed by atoms with van der Waals surface area (Å²) in [5.41, 5.74) is 1.69. The molecule has 70 valence electrons. The van der Waals surface area contributed by atoms with Crippen LogP contribution < -0.4 is 0 Å². The zero-order chi connectivity index (χ0) is 10.0. The molecule has 1 aromatic rings. The molecule has 0 amide bonds. The van der Waals surface area contributed by atoms with Gasteiger partial charge in [0.2, 0.25) is 0 Å². The van der Waals surface area contributed by atoms with Gasteiger partial charge < -0.3 is 5.11 Å². The van der Waals surface area contributed by atoms with Crippen molar-refractivity contribution in [1.82, 2.24) is 0 Å². The Morgan fingerprint density at radius 3 is 2.00 bits per heavy atom. The van der Waals surface area contributed by atoms with E-state index in [1.807, 2.05) is 39.8 Å². The van der Waals surface area contributed by atoms with Gasteiger partial charge in [0, 0.05) is 37.1 Å². The van der Waals surface area contributed by atoms with Gasteiger partial charge in [0.25, 0.3) is 0 Å². The van der Waals surface area contributed by atoms with Gasteiger partial charge >= 0.3 is 11.5 Å². The van der Waals surface area contributed by atoms with E-state index in [0.717, 1.165) is 22.7 Å². The highest BCUT2D eigenvalue weighted by Crippen LogP contribution is 2.26. The Labute approximate surface area is 78.5 Å². The molecule has 0 aromatic heterocycles. The molecule has 0 heterocycles. The van der Waals surface area contributed by atoms with E-state index in [-0.39, 0.29) is 0 Å². The number of carbonyl (C=O) groups excluding carboxylic acids is 1. The van der Waals surface area contributed by atoms with Gasteiger partial charge in [0.05, 0.1) is 0 Å². The number of phenolic OH excluding ortho intramolecular Hbond substituents is 1. The van der Waals surface area contributed by atoms with Crippen LogP contribution in [0.3, 0.4) is 0 Å². The number of hydrogen-bond acceptors (Lipinski definition) is 1. The van der Waals surface area contributed by atoms with Gasteiger partial charge in [0.15, 0.2) is 0 Å². The van der Waals surface area contributed by atoms with Crippen molar-refractivity contribution in [3.63, 3.8) is 0 Å². The molecule has 0 saturated carbocycles. The Kier molecular flexibility index (Phi) is 2.71. The predicted octanol–water partition coefficient (Wildman–Crippen LogP) is 2.87. The highest BCUT2D eigenvalue weighted by atomic mass is 16.4. The first-order valence-corrected chi connectivity index (χ1v) is 4.29. The minimum absolute atomic E-state index is 0.348. The van der Waals surface area contributed by atoms with Crippen LogP contribution in [-0.4, -0.2) is 10.9 Å². The van der Waals surface area contributed by atoms with Crippen molar-refractivity contribution in [2.75, 3.05) is 0 Å². The van der Waals surface area contributed by atoms with Gasteiger partial charge in [-0.3, -0.25) is 0 Å². The third-order valence-corrected chi connectivity index (χ3v) is 1.79. The maximum absolute atomic E-state index is 9.50. The Morgan fingerprint density at radius 2 is 1.62 bits per heavy atom. The molecular formula is C11H15O2+. The number of ketones is 1. The molecule has 1 N–H and O–H groups in total. The van der Waals surface area contributed by atoms with Crippen LogP contribution in [0.4, 0.5) is 0 Å². The summed E-state index contributed by atoms with van der Waals surface area (Å²) >= 11 is 0. The van der Waals surface area contributed by atoms with Crippen molar-refractivity contribution in [3.8, 4) is 11.5 Å². The molecule has 0 spiro atoms. The summed E-state index contributed by atoms with van der Waals surface area (Å²) in [7, 11) is 0. The molecule has 13 heavy (non-hydrogen) atoms. The Hall–Kier alpha value is -1.31. The summed E-state index contributed by atoms with van der Waals surface area (Å²) in [6.45, 7) is 7.52. The molecule has 0 radical (unpaired) electrons. The molecular weight excluding hydrogens is 164 g/mol. The van der Waals surface area contributed by atoms with Crippen LogP contribution in [0, 0.1) is 13.8 Å². The van der Waals surface area contributed by atoms with Crippen molar-refractivity contribution in [3.05, 3.63) is 23.3 Å². The fourth-order valence-corrected chi connectivity index (χ4v) is 1.21. The standard InChI is InChI=1S/C11H14O2/c1-7(2)13-10-5-8(3)11(12)9(4)6-10/h5-6H,1-4H3/p+1. The first kappa shape index (κ1) is 9.78. The average molecular weight is 179 g/mol. The van der Waals surface area contributed by atoms with E-state index in [0.29, 0.717) is 5.75 Å². The molecule has 0 aliphatic heterocycles. The number of aryl methyl sites for hydroxylation is 2. The lowest BCUT2D eigenvalue weighted by Gasteiger charge is -1.99. The van der Waals surface area contributed by atoms with Crippen LogP contribution in [0.5, 0.6) is 11.5 Å². The lowest BCUT2D eigenvalue weighted by Crippen LogP contribution is -1.86. The van der Waals surface area contributed by atoms with E-state index in [9.17, 15) is 5.11 Å². The summed E-state index contributed by atoms with van der Waals surface area (Å²) in [5, 5.41) is 9.50. The molecule has 1 aromatic carbocycles. The number of rotatable bonds is 1. The summed E-state index contributed by atoms with van der Waals surface area (Å²) in [6.07, 6.45) is 0. The fourth-order valence-electron chi connectivity index (χ4n) is 1.21. The lowest BCUT2D eigenvalue weighted by atomic mass is 10.1. The summed E-state index contributed by atoms with van der Waals surface area (Å²) in [4.78, 5) is 0. The topological polar surface area (TPSA) is 31.5 Å². The summed E-state index contributed by atoms with van der Waals surface area (Å²) in [6, 6.07) is 3.66. The highest BCUT2D eigenvalue weighted by Gasteiger charge is 2.09. The number of aromatic hydroxyl groups is 1. The third-order valence-electron chi connectivity index (χ3n) is 1.79. The fraction of sp³-hybridized carbons (Fsp3) is 0.364. The smallest absolute Gasteiger partial charge is 0.353 e. The van der Waals surface area contributed by atoms with Gasteiger partial charge in [-0.2, -0.15) is 0 Å². The van der Waals surface area contributed by atoms with Crippen molar-refractivity contribution in [2.24, 2.45) is 0 Å². The molecule has 2 nitrogen and oxygen atoms in total. The minimum Gasteiger partial charge on any atom is -0.507 e. The first-order chi connectivity index (χ1) is 6.00. The third kappa shape index (κ3) is 2.31. The highest BCUT2D eigenvalue weighted by molar-refractivity contribution is 5.73. The number of benzene rings is 1. The van der Waals surface area contributed by atoms with E-state index in [1.165, 1.54) is 0 Å². The molecule has 0 atom stereocenters. The second-order valence-electron chi connectivity index (χ2n) is 3.42. The van der Waals surface area contributed by atoms with Crippen LogP contribution >= 0.6 is 0 Å². The van der Waals surface area contributed by atoms with Gasteiger partial charge in [-0.25, -0.2) is 4.42 Å². The van der Waals surface area contributed by atoms with E-state index in [4.69, 9.17) is 4.42 Å². The molecule has 0 fully saturated rings. The largest absolute Gasteiger partial charge is 0.507 e. The molecule has 0 bridgehead atoms. The Balaban J connectivity index is 3.21. The van der Waals surface area contributed by atoms with Crippen LogP contribution in [-0.2, 0) is 4.42 Å². The van der Waals surface area contributed by atoms with Crippen LogP contribution in [0.2, 0.25) is 0 Å². The van der Waals surface area contributed by atoms with E-state index in [1.54, 1.807) is 0 Å². The SMILES string of the molecule is CC(C)=[O+]c1cc(C)c(O)c(C)c1. The van der Waals surface area contributed by atoms with Crippen LogP contribution in [0.15, 0.2) is 12.1 Å². The quantitative estimate of drug-likeness (QED) is 0.660.